The lowest BCUT2D eigenvalue weighted by molar-refractivity contribution is 1.03. The minimum absolute atomic E-state index is 0.913. The number of pyridine rings is 1. The first-order valence-electron chi connectivity index (χ1n) is 7.98. The molecule has 0 amide bonds. The topological polar surface area (TPSA) is 16.1 Å². The molecule has 0 unspecified atom stereocenters. The Hall–Kier alpha value is -2.87. The summed E-state index contributed by atoms with van der Waals surface area (Å²) in [5.41, 5.74) is 4.49. The molecule has 1 aromatic heterocycles. The number of rotatable bonds is 3. The minimum atomic E-state index is 0.913. The fourth-order valence-corrected chi connectivity index (χ4v) is 3.12. The van der Waals surface area contributed by atoms with Gasteiger partial charge in [-0.05, 0) is 43.3 Å². The van der Waals surface area contributed by atoms with E-state index in [-0.39, 0.29) is 0 Å². The molecule has 0 N–H and O–H groups in total. The number of aromatic nitrogens is 1. The number of anilines is 2. The van der Waals surface area contributed by atoms with E-state index in [4.69, 9.17) is 4.98 Å². The largest absolute Gasteiger partial charge is 0.341 e. The molecule has 2 heteroatoms. The van der Waals surface area contributed by atoms with Crippen LogP contribution in [0.2, 0.25) is 0 Å². The molecule has 0 aliphatic rings. The van der Waals surface area contributed by atoms with Crippen molar-refractivity contribution in [3.8, 4) is 0 Å². The molecule has 2 nitrogen and oxygen atoms in total. The van der Waals surface area contributed by atoms with Gasteiger partial charge in [0.25, 0.3) is 0 Å². The van der Waals surface area contributed by atoms with Gasteiger partial charge in [0.2, 0.25) is 0 Å². The normalized spacial score (nSPS) is 11.0. The lowest BCUT2D eigenvalue weighted by Gasteiger charge is -2.24. The summed E-state index contributed by atoms with van der Waals surface area (Å²) in [5.74, 6) is 0. The average molecular weight is 298 g/mol. The maximum Gasteiger partial charge on any atom is 0.0730 e. The highest BCUT2D eigenvalue weighted by Gasteiger charge is 2.11. The lowest BCUT2D eigenvalue weighted by Crippen LogP contribution is -2.16. The Bertz CT molecular complexity index is 961. The molecule has 0 atom stereocenters. The lowest BCUT2D eigenvalue weighted by atomic mass is 10.1. The van der Waals surface area contributed by atoms with Gasteiger partial charge < -0.3 is 4.90 Å². The molecule has 0 saturated heterocycles. The third-order valence-electron chi connectivity index (χ3n) is 4.21. The highest BCUT2D eigenvalue weighted by Crippen LogP contribution is 2.33. The van der Waals surface area contributed by atoms with E-state index in [0.29, 0.717) is 0 Å². The van der Waals surface area contributed by atoms with E-state index >= 15 is 0 Å². The summed E-state index contributed by atoms with van der Waals surface area (Å²) in [6, 6.07) is 27.4. The molecule has 0 radical (unpaired) electrons. The van der Waals surface area contributed by atoms with Crippen molar-refractivity contribution in [3.05, 3.63) is 78.9 Å². The van der Waals surface area contributed by atoms with Crippen LogP contribution in [0.5, 0.6) is 0 Å². The summed E-state index contributed by atoms with van der Waals surface area (Å²) in [4.78, 5) is 7.15. The van der Waals surface area contributed by atoms with Gasteiger partial charge in [0.15, 0.2) is 0 Å². The molecule has 4 rings (SSSR count). The summed E-state index contributed by atoms with van der Waals surface area (Å²) in [7, 11) is 0. The molecule has 112 valence electrons. The fourth-order valence-electron chi connectivity index (χ4n) is 3.12. The van der Waals surface area contributed by atoms with Crippen molar-refractivity contribution >= 4 is 33.2 Å². The van der Waals surface area contributed by atoms with Crippen molar-refractivity contribution in [3.63, 3.8) is 0 Å². The first-order valence-corrected chi connectivity index (χ1v) is 7.98. The van der Waals surface area contributed by atoms with Crippen molar-refractivity contribution in [2.45, 2.75) is 6.92 Å². The zero-order valence-corrected chi connectivity index (χ0v) is 13.1. The van der Waals surface area contributed by atoms with Gasteiger partial charge in [-0.25, -0.2) is 4.98 Å². The third-order valence-corrected chi connectivity index (χ3v) is 4.21. The van der Waals surface area contributed by atoms with Crippen LogP contribution in [0.15, 0.2) is 78.9 Å². The third kappa shape index (κ3) is 2.42. The SMILES string of the molecule is CCN(c1ccccc1)c1cccc2nc3ccccc3cc12. The Morgan fingerprint density at radius 2 is 1.52 bits per heavy atom. The monoisotopic (exact) mass is 298 g/mol. The van der Waals surface area contributed by atoms with Crippen molar-refractivity contribution in [2.24, 2.45) is 0 Å². The zero-order valence-electron chi connectivity index (χ0n) is 13.1. The van der Waals surface area contributed by atoms with E-state index in [1.165, 1.54) is 22.1 Å². The second-order valence-corrected chi connectivity index (χ2v) is 5.60. The minimum Gasteiger partial charge on any atom is -0.341 e. The Morgan fingerprint density at radius 3 is 2.35 bits per heavy atom. The van der Waals surface area contributed by atoms with E-state index in [1.807, 2.05) is 6.07 Å². The molecule has 3 aromatic carbocycles. The van der Waals surface area contributed by atoms with Gasteiger partial charge in [-0.1, -0.05) is 42.5 Å². The van der Waals surface area contributed by atoms with Crippen LogP contribution >= 0.6 is 0 Å². The first-order chi connectivity index (χ1) is 11.4. The van der Waals surface area contributed by atoms with Crippen LogP contribution in [-0.4, -0.2) is 11.5 Å². The van der Waals surface area contributed by atoms with Crippen LogP contribution < -0.4 is 4.90 Å². The molecule has 0 aliphatic heterocycles. The number of hydrogen-bond donors (Lipinski definition) is 0. The molecule has 0 saturated carbocycles. The van der Waals surface area contributed by atoms with Crippen molar-refractivity contribution in [1.82, 2.24) is 4.98 Å². The van der Waals surface area contributed by atoms with E-state index in [2.05, 4.69) is 84.6 Å². The maximum absolute atomic E-state index is 4.82. The second kappa shape index (κ2) is 5.73. The highest BCUT2D eigenvalue weighted by atomic mass is 15.1. The molecule has 0 bridgehead atoms. The van der Waals surface area contributed by atoms with Crippen LogP contribution in [0.1, 0.15) is 6.92 Å². The average Bonchev–Trinajstić information content (AvgIpc) is 2.62. The molecule has 0 fully saturated rings. The van der Waals surface area contributed by atoms with Gasteiger partial charge in [-0.3, -0.25) is 0 Å². The fraction of sp³-hybridized carbons (Fsp3) is 0.0952. The van der Waals surface area contributed by atoms with Crippen molar-refractivity contribution in [2.75, 3.05) is 11.4 Å². The summed E-state index contributed by atoms with van der Waals surface area (Å²) < 4.78 is 0. The number of nitrogens with zero attached hydrogens (tertiary/aromatic N) is 2. The van der Waals surface area contributed by atoms with Crippen LogP contribution in [0.25, 0.3) is 21.8 Å². The summed E-state index contributed by atoms with van der Waals surface area (Å²) in [6.45, 7) is 3.09. The smallest absolute Gasteiger partial charge is 0.0730 e. The Labute approximate surface area is 136 Å². The van der Waals surface area contributed by atoms with Crippen LogP contribution in [-0.2, 0) is 0 Å². The summed E-state index contributed by atoms with van der Waals surface area (Å²) >= 11 is 0. The Morgan fingerprint density at radius 1 is 0.783 bits per heavy atom. The Balaban J connectivity index is 1.97. The molecule has 0 aliphatic carbocycles. The zero-order chi connectivity index (χ0) is 15.6. The number of fused-ring (bicyclic) bond motifs is 2. The number of para-hydroxylation sites is 2. The molecular weight excluding hydrogens is 280 g/mol. The van der Waals surface area contributed by atoms with Crippen LogP contribution in [0.3, 0.4) is 0 Å². The highest BCUT2D eigenvalue weighted by molar-refractivity contribution is 6.00. The van der Waals surface area contributed by atoms with Gasteiger partial charge in [0, 0.05) is 23.0 Å². The first kappa shape index (κ1) is 13.8. The standard InChI is InChI=1S/C21H18N2/c1-2-23(17-10-4-3-5-11-17)21-14-8-13-20-18(21)15-16-9-6-7-12-19(16)22-20/h3-15H,2H2,1H3. The predicted octanol–water partition coefficient (Wildman–Crippen LogP) is 5.55. The van der Waals surface area contributed by atoms with E-state index in [1.54, 1.807) is 0 Å². The summed E-state index contributed by atoms with van der Waals surface area (Å²) in [6.07, 6.45) is 0. The van der Waals surface area contributed by atoms with Crippen LogP contribution in [0.4, 0.5) is 11.4 Å². The quantitative estimate of drug-likeness (QED) is 0.461. The Kier molecular flexibility index (Phi) is 3.43. The molecular formula is C21H18N2. The van der Waals surface area contributed by atoms with Gasteiger partial charge in [-0.15, -0.1) is 0 Å². The van der Waals surface area contributed by atoms with E-state index in [0.717, 1.165) is 17.6 Å². The molecule has 0 spiro atoms. The predicted molar refractivity (Wildman–Crippen MR) is 98.4 cm³/mol. The molecule has 4 aromatic rings. The number of benzene rings is 3. The number of hydrogen-bond acceptors (Lipinski definition) is 2. The van der Waals surface area contributed by atoms with Crippen molar-refractivity contribution in [1.29, 1.82) is 0 Å². The molecule has 1 heterocycles. The van der Waals surface area contributed by atoms with E-state index in [9.17, 15) is 0 Å². The van der Waals surface area contributed by atoms with Gasteiger partial charge >= 0.3 is 0 Å². The molecule has 23 heavy (non-hydrogen) atoms. The van der Waals surface area contributed by atoms with Gasteiger partial charge in [-0.2, -0.15) is 0 Å². The maximum atomic E-state index is 4.82. The van der Waals surface area contributed by atoms with Crippen molar-refractivity contribution < 1.29 is 0 Å². The van der Waals surface area contributed by atoms with Gasteiger partial charge in [0.1, 0.15) is 0 Å². The summed E-state index contributed by atoms with van der Waals surface area (Å²) in [5, 5.41) is 2.37. The van der Waals surface area contributed by atoms with Gasteiger partial charge in [0.05, 0.1) is 16.7 Å². The van der Waals surface area contributed by atoms with E-state index < -0.39 is 0 Å². The second-order valence-electron chi connectivity index (χ2n) is 5.60. The van der Waals surface area contributed by atoms with Crippen LogP contribution in [0, 0.1) is 0 Å².